The van der Waals surface area contributed by atoms with Gasteiger partial charge in [0, 0.05) is 10.6 Å². The van der Waals surface area contributed by atoms with Crippen molar-refractivity contribution in [2.75, 3.05) is 0 Å². The van der Waals surface area contributed by atoms with E-state index in [0.717, 1.165) is 12.8 Å². The Morgan fingerprint density at radius 2 is 2.28 bits per heavy atom. The summed E-state index contributed by atoms with van der Waals surface area (Å²) in [6, 6.07) is 6.22. The largest absolute Gasteiger partial charge is 0.409 e. The first-order chi connectivity index (χ1) is 8.61. The average Bonchev–Trinajstić information content (AvgIpc) is 3.19. The van der Waals surface area contributed by atoms with Gasteiger partial charge >= 0.3 is 0 Å². The van der Waals surface area contributed by atoms with E-state index in [4.69, 9.17) is 22.5 Å². The van der Waals surface area contributed by atoms with Crippen LogP contribution in [0.1, 0.15) is 23.2 Å². The quantitative estimate of drug-likeness (QED) is 0.335. The summed E-state index contributed by atoms with van der Waals surface area (Å²) in [5, 5.41) is 14.9. The molecule has 0 saturated heterocycles. The highest BCUT2D eigenvalue weighted by atomic mass is 35.5. The molecule has 2 rings (SSSR count). The topological polar surface area (TPSA) is 87.7 Å². The number of amides is 1. The monoisotopic (exact) mass is 267 g/mol. The fourth-order valence-corrected chi connectivity index (χ4v) is 1.97. The minimum absolute atomic E-state index is 0.0351. The van der Waals surface area contributed by atoms with Crippen molar-refractivity contribution in [1.29, 1.82) is 0 Å². The number of carbonyl (C=O) groups is 1. The van der Waals surface area contributed by atoms with Crippen LogP contribution in [0.5, 0.6) is 0 Å². The van der Waals surface area contributed by atoms with Gasteiger partial charge in [-0.05, 0) is 37.0 Å². The molecule has 96 valence electrons. The van der Waals surface area contributed by atoms with Crippen LogP contribution in [0, 0.1) is 5.92 Å². The molecule has 1 saturated carbocycles. The van der Waals surface area contributed by atoms with Gasteiger partial charge in [-0.2, -0.15) is 0 Å². The molecule has 1 aromatic rings. The van der Waals surface area contributed by atoms with E-state index in [1.807, 2.05) is 0 Å². The normalized spacial score (nSPS) is 17.3. The Kier molecular flexibility index (Phi) is 3.72. The number of carbonyl (C=O) groups excluding carboxylic acids is 1. The van der Waals surface area contributed by atoms with Gasteiger partial charge in [-0.25, -0.2) is 0 Å². The third-order valence-corrected chi connectivity index (χ3v) is 3.14. The first kappa shape index (κ1) is 12.7. The van der Waals surface area contributed by atoms with Crippen molar-refractivity contribution in [3.05, 3.63) is 34.9 Å². The Morgan fingerprint density at radius 3 is 2.83 bits per heavy atom. The number of nitrogens with two attached hydrogens (primary N) is 1. The van der Waals surface area contributed by atoms with Crippen molar-refractivity contribution in [2.24, 2.45) is 16.8 Å². The minimum atomic E-state index is -0.415. The van der Waals surface area contributed by atoms with E-state index in [1.165, 1.54) is 0 Å². The van der Waals surface area contributed by atoms with E-state index >= 15 is 0 Å². The summed E-state index contributed by atoms with van der Waals surface area (Å²) < 4.78 is 0. The van der Waals surface area contributed by atoms with Gasteiger partial charge in [0.2, 0.25) is 0 Å². The van der Waals surface area contributed by atoms with Crippen LogP contribution in [0.25, 0.3) is 0 Å². The maximum Gasteiger partial charge on any atom is 0.251 e. The number of halogens is 1. The Balaban J connectivity index is 2.10. The Labute approximate surface area is 110 Å². The SMILES string of the molecule is NC(=NO)C(NC(=O)c1cccc(Cl)c1)C1CC1. The summed E-state index contributed by atoms with van der Waals surface area (Å²) >= 11 is 5.82. The lowest BCUT2D eigenvalue weighted by Gasteiger charge is -2.16. The molecule has 1 atom stereocenters. The Morgan fingerprint density at radius 1 is 1.56 bits per heavy atom. The number of nitrogens with one attached hydrogen (secondary N) is 1. The lowest BCUT2D eigenvalue weighted by Crippen LogP contribution is -2.46. The van der Waals surface area contributed by atoms with E-state index in [9.17, 15) is 4.79 Å². The molecule has 1 amide bonds. The van der Waals surface area contributed by atoms with Crippen LogP contribution >= 0.6 is 11.6 Å². The number of hydrogen-bond acceptors (Lipinski definition) is 3. The third kappa shape index (κ3) is 2.92. The standard InChI is InChI=1S/C12H14ClN3O2/c13-9-3-1-2-8(6-9)12(17)15-10(7-4-5-7)11(14)16-18/h1-3,6-7,10,18H,4-5H2,(H2,14,16)(H,15,17). The molecular formula is C12H14ClN3O2. The molecule has 0 aromatic heterocycles. The van der Waals surface area contributed by atoms with Gasteiger partial charge in [-0.1, -0.05) is 22.8 Å². The molecule has 18 heavy (non-hydrogen) atoms. The van der Waals surface area contributed by atoms with Crippen molar-refractivity contribution >= 4 is 23.3 Å². The van der Waals surface area contributed by atoms with E-state index in [1.54, 1.807) is 24.3 Å². The average molecular weight is 268 g/mol. The molecule has 0 heterocycles. The smallest absolute Gasteiger partial charge is 0.251 e. The van der Waals surface area contributed by atoms with Crippen LogP contribution in [0.3, 0.4) is 0 Å². The number of hydrogen-bond donors (Lipinski definition) is 3. The zero-order chi connectivity index (χ0) is 13.1. The summed E-state index contributed by atoms with van der Waals surface area (Å²) in [6.07, 6.45) is 1.94. The van der Waals surface area contributed by atoms with Crippen LogP contribution in [-0.4, -0.2) is 23.0 Å². The molecule has 1 aromatic carbocycles. The van der Waals surface area contributed by atoms with Crippen molar-refractivity contribution in [3.63, 3.8) is 0 Å². The molecule has 0 bridgehead atoms. The molecule has 0 spiro atoms. The number of benzene rings is 1. The van der Waals surface area contributed by atoms with Gasteiger partial charge in [0.15, 0.2) is 5.84 Å². The van der Waals surface area contributed by atoms with Gasteiger partial charge < -0.3 is 16.3 Å². The number of oxime groups is 1. The third-order valence-electron chi connectivity index (χ3n) is 2.90. The van der Waals surface area contributed by atoms with Gasteiger partial charge in [0.05, 0.1) is 6.04 Å². The molecule has 1 aliphatic carbocycles. The molecule has 5 nitrogen and oxygen atoms in total. The maximum atomic E-state index is 12.0. The Bertz CT molecular complexity index is 486. The fourth-order valence-electron chi connectivity index (χ4n) is 1.78. The summed E-state index contributed by atoms with van der Waals surface area (Å²) in [5.41, 5.74) is 6.03. The van der Waals surface area contributed by atoms with Crippen LogP contribution in [0.2, 0.25) is 5.02 Å². The minimum Gasteiger partial charge on any atom is -0.409 e. The summed E-state index contributed by atoms with van der Waals surface area (Å²) in [4.78, 5) is 12.0. The van der Waals surface area contributed by atoms with Crippen LogP contribution < -0.4 is 11.1 Å². The summed E-state index contributed by atoms with van der Waals surface area (Å²) in [6.45, 7) is 0. The van der Waals surface area contributed by atoms with E-state index in [0.29, 0.717) is 10.6 Å². The van der Waals surface area contributed by atoms with Gasteiger partial charge in [-0.3, -0.25) is 4.79 Å². The van der Waals surface area contributed by atoms with Gasteiger partial charge in [0.1, 0.15) is 0 Å². The predicted octanol–water partition coefficient (Wildman–Crippen LogP) is 1.59. The van der Waals surface area contributed by atoms with Crippen molar-refractivity contribution in [1.82, 2.24) is 5.32 Å². The van der Waals surface area contributed by atoms with E-state index in [2.05, 4.69) is 10.5 Å². The molecule has 4 N–H and O–H groups in total. The molecule has 6 heteroatoms. The summed E-state index contributed by atoms with van der Waals surface area (Å²) in [7, 11) is 0. The molecule has 1 fully saturated rings. The van der Waals surface area contributed by atoms with Crippen LogP contribution in [0.15, 0.2) is 29.4 Å². The molecule has 0 radical (unpaired) electrons. The zero-order valence-electron chi connectivity index (χ0n) is 9.64. The lowest BCUT2D eigenvalue weighted by atomic mass is 10.1. The second-order valence-electron chi connectivity index (χ2n) is 4.32. The second-order valence-corrected chi connectivity index (χ2v) is 4.76. The molecule has 1 aliphatic rings. The maximum absolute atomic E-state index is 12.0. The van der Waals surface area contributed by atoms with Gasteiger partial charge in [0.25, 0.3) is 5.91 Å². The number of amidine groups is 1. The first-order valence-corrected chi connectivity index (χ1v) is 6.03. The molecule has 1 unspecified atom stereocenters. The molecular weight excluding hydrogens is 254 g/mol. The highest BCUT2D eigenvalue weighted by Gasteiger charge is 2.35. The van der Waals surface area contributed by atoms with Crippen molar-refractivity contribution in [3.8, 4) is 0 Å². The highest BCUT2D eigenvalue weighted by molar-refractivity contribution is 6.31. The number of nitrogens with zero attached hydrogens (tertiary/aromatic N) is 1. The van der Waals surface area contributed by atoms with Crippen molar-refractivity contribution in [2.45, 2.75) is 18.9 Å². The molecule has 0 aliphatic heterocycles. The first-order valence-electron chi connectivity index (χ1n) is 5.65. The number of rotatable bonds is 4. The van der Waals surface area contributed by atoms with E-state index < -0.39 is 6.04 Å². The summed E-state index contributed by atoms with van der Waals surface area (Å²) in [5.74, 6) is 0.0120. The fraction of sp³-hybridized carbons (Fsp3) is 0.333. The predicted molar refractivity (Wildman–Crippen MR) is 68.8 cm³/mol. The van der Waals surface area contributed by atoms with Crippen molar-refractivity contribution < 1.29 is 10.0 Å². The van der Waals surface area contributed by atoms with Gasteiger partial charge in [-0.15, -0.1) is 0 Å². The van der Waals surface area contributed by atoms with E-state index in [-0.39, 0.29) is 17.7 Å². The lowest BCUT2D eigenvalue weighted by molar-refractivity contribution is 0.0943. The van der Waals surface area contributed by atoms with Crippen LogP contribution in [0.4, 0.5) is 0 Å². The van der Waals surface area contributed by atoms with Crippen LogP contribution in [-0.2, 0) is 0 Å². The zero-order valence-corrected chi connectivity index (χ0v) is 10.4. The second kappa shape index (κ2) is 5.27. The highest BCUT2D eigenvalue weighted by Crippen LogP contribution is 2.32. The Hall–Kier alpha value is -1.75.